The van der Waals surface area contributed by atoms with Crippen LogP contribution in [-0.2, 0) is 6.42 Å². The smallest absolute Gasteiger partial charge is 0.251 e. The maximum atomic E-state index is 14.0. The third-order valence-electron chi connectivity index (χ3n) is 4.27. The molecular weight excluding hydrogens is 390 g/mol. The van der Waals surface area contributed by atoms with Gasteiger partial charge in [0, 0.05) is 23.2 Å². The number of nitrogens with one attached hydrogen (secondary N) is 2. The Kier molecular flexibility index (Phi) is 4.90. The van der Waals surface area contributed by atoms with Gasteiger partial charge in [-0.25, -0.2) is 8.78 Å². The highest BCUT2D eigenvalue weighted by atomic mass is 79.9. The molecule has 0 unspecified atom stereocenters. The molecule has 0 saturated heterocycles. The Bertz CT molecular complexity index is 966. The van der Waals surface area contributed by atoms with Crippen LogP contribution in [0.25, 0.3) is 10.9 Å². The first-order valence-corrected chi connectivity index (χ1v) is 8.67. The summed E-state index contributed by atoms with van der Waals surface area (Å²) in [6, 6.07) is 7.44. The first kappa shape index (κ1) is 17.6. The Hall–Kier alpha value is -2.21. The predicted octanol–water partition coefficient (Wildman–Crippen LogP) is 4.80. The van der Waals surface area contributed by atoms with Crippen LogP contribution in [0.4, 0.5) is 8.78 Å². The van der Waals surface area contributed by atoms with Crippen molar-refractivity contribution < 1.29 is 13.6 Å². The lowest BCUT2D eigenvalue weighted by atomic mass is 10.0. The maximum Gasteiger partial charge on any atom is 0.251 e. The fourth-order valence-corrected chi connectivity index (χ4v) is 3.24. The van der Waals surface area contributed by atoms with Crippen molar-refractivity contribution in [3.05, 3.63) is 68.8 Å². The second kappa shape index (κ2) is 6.96. The number of H-pyrrole nitrogens is 1. The van der Waals surface area contributed by atoms with Crippen LogP contribution < -0.4 is 5.32 Å². The van der Waals surface area contributed by atoms with Crippen LogP contribution in [0.15, 0.2) is 34.8 Å². The molecule has 0 aliphatic carbocycles. The van der Waals surface area contributed by atoms with E-state index < -0.39 is 5.82 Å². The molecule has 3 rings (SSSR count). The predicted molar refractivity (Wildman–Crippen MR) is 97.9 cm³/mol. The van der Waals surface area contributed by atoms with Crippen molar-refractivity contribution in [2.75, 3.05) is 6.54 Å². The molecule has 3 aromatic rings. The van der Waals surface area contributed by atoms with Crippen LogP contribution in [0.1, 0.15) is 27.2 Å². The molecule has 2 aromatic carbocycles. The third kappa shape index (κ3) is 3.44. The Balaban J connectivity index is 1.75. The highest BCUT2D eigenvalue weighted by Gasteiger charge is 2.14. The van der Waals surface area contributed by atoms with Crippen LogP contribution in [0.3, 0.4) is 0 Å². The zero-order chi connectivity index (χ0) is 18.1. The minimum atomic E-state index is -0.480. The first-order valence-electron chi connectivity index (χ1n) is 7.88. The van der Waals surface area contributed by atoms with E-state index in [2.05, 4.69) is 26.2 Å². The van der Waals surface area contributed by atoms with Gasteiger partial charge in [-0.15, -0.1) is 0 Å². The number of carbonyl (C=O) groups is 1. The monoisotopic (exact) mass is 406 g/mol. The summed E-state index contributed by atoms with van der Waals surface area (Å²) >= 11 is 3.06. The molecule has 0 aliphatic heterocycles. The van der Waals surface area contributed by atoms with Gasteiger partial charge in [-0.2, -0.15) is 0 Å². The minimum absolute atomic E-state index is 0.263. The van der Waals surface area contributed by atoms with Crippen molar-refractivity contribution in [1.29, 1.82) is 0 Å². The maximum absolute atomic E-state index is 14.0. The second-order valence-electron chi connectivity index (χ2n) is 5.98. The van der Waals surface area contributed by atoms with Gasteiger partial charge in [0.2, 0.25) is 0 Å². The number of benzene rings is 2. The minimum Gasteiger partial charge on any atom is -0.356 e. The van der Waals surface area contributed by atoms with Crippen LogP contribution in [0, 0.1) is 25.5 Å². The first-order chi connectivity index (χ1) is 11.9. The molecule has 6 heteroatoms. The zero-order valence-electron chi connectivity index (χ0n) is 13.8. The van der Waals surface area contributed by atoms with Gasteiger partial charge in [-0.1, -0.05) is 6.07 Å². The fraction of sp³-hybridized carbons (Fsp3) is 0.211. The van der Waals surface area contributed by atoms with Gasteiger partial charge in [0.05, 0.1) is 9.99 Å². The summed E-state index contributed by atoms with van der Waals surface area (Å²) in [6.07, 6.45) is 0.556. The average molecular weight is 407 g/mol. The topological polar surface area (TPSA) is 44.9 Å². The molecular formula is C19H17BrF2N2O. The van der Waals surface area contributed by atoms with Crippen molar-refractivity contribution in [3.8, 4) is 0 Å². The van der Waals surface area contributed by atoms with Gasteiger partial charge >= 0.3 is 0 Å². The van der Waals surface area contributed by atoms with E-state index in [9.17, 15) is 13.6 Å². The average Bonchev–Trinajstić information content (AvgIpc) is 2.91. The van der Waals surface area contributed by atoms with Crippen molar-refractivity contribution in [2.24, 2.45) is 0 Å². The van der Waals surface area contributed by atoms with Crippen molar-refractivity contribution in [2.45, 2.75) is 20.3 Å². The van der Waals surface area contributed by atoms with Crippen molar-refractivity contribution in [3.63, 3.8) is 0 Å². The number of amides is 1. The second-order valence-corrected chi connectivity index (χ2v) is 6.83. The molecule has 0 saturated carbocycles. The number of aryl methyl sites for hydroxylation is 2. The number of aromatic nitrogens is 1. The van der Waals surface area contributed by atoms with Crippen LogP contribution in [0.5, 0.6) is 0 Å². The standard InChI is InChI=1S/C19H17BrF2N2O/c1-10-3-6-15(21)18-17(10)13(11(2)24-18)7-8-23-19(25)12-4-5-14(20)16(22)9-12/h3-6,9,24H,7-8H2,1-2H3,(H,23,25). The Morgan fingerprint density at radius 3 is 2.64 bits per heavy atom. The Labute approximate surface area is 152 Å². The summed E-state index contributed by atoms with van der Waals surface area (Å²) in [5.41, 5.74) is 3.60. The normalized spacial score (nSPS) is 11.1. The summed E-state index contributed by atoms with van der Waals surface area (Å²) in [5, 5.41) is 3.64. The molecule has 0 aliphatic rings. The van der Waals surface area contributed by atoms with Gasteiger partial charge in [-0.3, -0.25) is 4.79 Å². The number of hydrogen-bond donors (Lipinski definition) is 2. The molecule has 0 atom stereocenters. The quantitative estimate of drug-likeness (QED) is 0.642. The summed E-state index contributed by atoms with van der Waals surface area (Å²) in [7, 11) is 0. The molecule has 25 heavy (non-hydrogen) atoms. The molecule has 2 N–H and O–H groups in total. The lowest BCUT2D eigenvalue weighted by Crippen LogP contribution is -2.25. The SMILES string of the molecule is Cc1[nH]c2c(F)ccc(C)c2c1CCNC(=O)c1ccc(Br)c(F)c1. The largest absolute Gasteiger partial charge is 0.356 e. The highest BCUT2D eigenvalue weighted by Crippen LogP contribution is 2.27. The lowest BCUT2D eigenvalue weighted by Gasteiger charge is -2.07. The van der Waals surface area contributed by atoms with E-state index in [4.69, 9.17) is 0 Å². The lowest BCUT2D eigenvalue weighted by molar-refractivity contribution is 0.0953. The number of hydrogen-bond acceptors (Lipinski definition) is 1. The van der Waals surface area contributed by atoms with Gasteiger partial charge in [-0.05, 0) is 71.6 Å². The number of fused-ring (bicyclic) bond motifs is 1. The van der Waals surface area contributed by atoms with Gasteiger partial charge in [0.1, 0.15) is 11.6 Å². The van der Waals surface area contributed by atoms with Crippen LogP contribution in [-0.4, -0.2) is 17.4 Å². The van der Waals surface area contributed by atoms with E-state index in [-0.39, 0.29) is 17.3 Å². The molecule has 1 aromatic heterocycles. The molecule has 0 bridgehead atoms. The third-order valence-corrected chi connectivity index (χ3v) is 4.92. The van der Waals surface area contributed by atoms with E-state index in [0.717, 1.165) is 22.2 Å². The number of rotatable bonds is 4. The molecule has 0 fully saturated rings. The van der Waals surface area contributed by atoms with E-state index in [1.165, 1.54) is 18.2 Å². The Morgan fingerprint density at radius 1 is 1.16 bits per heavy atom. The highest BCUT2D eigenvalue weighted by molar-refractivity contribution is 9.10. The molecule has 1 heterocycles. The van der Waals surface area contributed by atoms with Crippen molar-refractivity contribution in [1.82, 2.24) is 10.3 Å². The summed E-state index contributed by atoms with van der Waals surface area (Å²) < 4.78 is 27.8. The zero-order valence-corrected chi connectivity index (χ0v) is 15.4. The summed E-state index contributed by atoms with van der Waals surface area (Å²) in [4.78, 5) is 15.2. The van der Waals surface area contributed by atoms with E-state index >= 15 is 0 Å². The number of carbonyl (C=O) groups excluding carboxylic acids is 1. The summed E-state index contributed by atoms with van der Waals surface area (Å²) in [5.74, 6) is -1.11. The molecule has 130 valence electrons. The Morgan fingerprint density at radius 2 is 1.92 bits per heavy atom. The molecule has 0 radical (unpaired) electrons. The molecule has 0 spiro atoms. The van der Waals surface area contributed by atoms with E-state index in [1.807, 2.05) is 13.8 Å². The number of aromatic amines is 1. The van der Waals surface area contributed by atoms with Crippen LogP contribution >= 0.6 is 15.9 Å². The molecule has 3 nitrogen and oxygen atoms in total. The van der Waals surface area contributed by atoms with Gasteiger partial charge in [0.15, 0.2) is 0 Å². The van der Waals surface area contributed by atoms with Crippen LogP contribution in [0.2, 0.25) is 0 Å². The van der Waals surface area contributed by atoms with E-state index in [0.29, 0.717) is 23.0 Å². The number of halogens is 3. The van der Waals surface area contributed by atoms with E-state index in [1.54, 1.807) is 12.1 Å². The van der Waals surface area contributed by atoms with Gasteiger partial charge < -0.3 is 10.3 Å². The molecule has 1 amide bonds. The fourth-order valence-electron chi connectivity index (χ4n) is 3.00. The van der Waals surface area contributed by atoms with Crippen molar-refractivity contribution >= 4 is 32.7 Å². The summed E-state index contributed by atoms with van der Waals surface area (Å²) in [6.45, 7) is 4.20. The van der Waals surface area contributed by atoms with Gasteiger partial charge in [0.25, 0.3) is 5.91 Å².